The summed E-state index contributed by atoms with van der Waals surface area (Å²) in [6.45, 7) is 7.44. The highest BCUT2D eigenvalue weighted by Crippen LogP contribution is 2.25. The molecule has 0 radical (unpaired) electrons. The minimum absolute atomic E-state index is 0.203. The van der Waals surface area contributed by atoms with Gasteiger partial charge in [0, 0.05) is 25.3 Å². The minimum atomic E-state index is 0.203. The lowest BCUT2D eigenvalue weighted by Gasteiger charge is -2.25. The van der Waals surface area contributed by atoms with Crippen molar-refractivity contribution in [1.29, 1.82) is 0 Å². The molecule has 0 unspecified atom stereocenters. The van der Waals surface area contributed by atoms with E-state index in [4.69, 9.17) is 10.2 Å². The van der Waals surface area contributed by atoms with Crippen LogP contribution in [0.3, 0.4) is 0 Å². The second kappa shape index (κ2) is 3.95. The molecule has 0 spiro atoms. The molecule has 2 aromatic rings. The predicted octanol–water partition coefficient (Wildman–Crippen LogP) is 2.89. The van der Waals surface area contributed by atoms with Gasteiger partial charge in [0.1, 0.15) is 5.52 Å². The fourth-order valence-corrected chi connectivity index (χ4v) is 1.87. The molecule has 0 saturated carbocycles. The third kappa shape index (κ3) is 2.70. The summed E-state index contributed by atoms with van der Waals surface area (Å²) < 4.78 is 5.69. The van der Waals surface area contributed by atoms with Gasteiger partial charge in [-0.2, -0.15) is 4.98 Å². The lowest BCUT2D eigenvalue weighted by atomic mass is 9.96. The van der Waals surface area contributed by atoms with Gasteiger partial charge >= 0.3 is 0 Å². The number of nitrogens with two attached hydrogens (primary N) is 1. The van der Waals surface area contributed by atoms with E-state index in [9.17, 15) is 0 Å². The van der Waals surface area contributed by atoms with Crippen molar-refractivity contribution in [3.8, 4) is 0 Å². The van der Waals surface area contributed by atoms with E-state index in [1.54, 1.807) is 6.07 Å². The van der Waals surface area contributed by atoms with Crippen molar-refractivity contribution in [3.63, 3.8) is 0 Å². The minimum Gasteiger partial charge on any atom is -0.423 e. The van der Waals surface area contributed by atoms with Gasteiger partial charge in [0.2, 0.25) is 0 Å². The van der Waals surface area contributed by atoms with Crippen LogP contribution in [0.4, 0.5) is 11.7 Å². The summed E-state index contributed by atoms with van der Waals surface area (Å²) in [5.41, 5.74) is 8.19. The highest BCUT2D eigenvalue weighted by molar-refractivity contribution is 5.78. The van der Waals surface area contributed by atoms with Crippen LogP contribution >= 0.6 is 0 Å². The molecule has 1 heterocycles. The number of nitrogen functional groups attached to an aromatic ring is 1. The summed E-state index contributed by atoms with van der Waals surface area (Å²) in [7, 11) is 1.99. The Bertz CT molecular complexity index is 525. The molecule has 0 atom stereocenters. The summed E-state index contributed by atoms with van der Waals surface area (Å²) in [6, 6.07) is 6.15. The summed E-state index contributed by atoms with van der Waals surface area (Å²) in [6.07, 6.45) is 0. The Hall–Kier alpha value is -1.71. The molecule has 0 aliphatic rings. The standard InChI is InChI=1S/C13H19N3O/c1-13(2,3)8-16(4)12-15-10-6-5-9(14)7-11(10)17-12/h5-7H,8,14H2,1-4H3. The molecule has 92 valence electrons. The summed E-state index contributed by atoms with van der Waals surface area (Å²) in [5.74, 6) is 0. The Morgan fingerprint density at radius 3 is 2.71 bits per heavy atom. The number of nitrogens with zero attached hydrogens (tertiary/aromatic N) is 2. The molecule has 0 aliphatic carbocycles. The maximum atomic E-state index is 5.71. The van der Waals surface area contributed by atoms with Crippen LogP contribution in [0.2, 0.25) is 0 Å². The van der Waals surface area contributed by atoms with Crippen molar-refractivity contribution >= 4 is 22.8 Å². The van der Waals surface area contributed by atoms with Gasteiger partial charge in [0.05, 0.1) is 0 Å². The molecule has 0 bridgehead atoms. The fourth-order valence-electron chi connectivity index (χ4n) is 1.87. The number of benzene rings is 1. The van der Waals surface area contributed by atoms with E-state index in [1.165, 1.54) is 0 Å². The van der Waals surface area contributed by atoms with E-state index in [0.717, 1.165) is 17.6 Å². The highest BCUT2D eigenvalue weighted by atomic mass is 16.4. The Balaban J connectivity index is 2.30. The molecule has 2 N–H and O–H groups in total. The fraction of sp³-hybridized carbons (Fsp3) is 0.462. The Labute approximate surface area is 101 Å². The lowest BCUT2D eigenvalue weighted by Crippen LogP contribution is -2.29. The number of fused-ring (bicyclic) bond motifs is 1. The van der Waals surface area contributed by atoms with Crippen molar-refractivity contribution in [2.24, 2.45) is 5.41 Å². The zero-order chi connectivity index (χ0) is 12.6. The zero-order valence-corrected chi connectivity index (χ0v) is 10.8. The molecule has 4 nitrogen and oxygen atoms in total. The van der Waals surface area contributed by atoms with Gasteiger partial charge < -0.3 is 15.1 Å². The maximum Gasteiger partial charge on any atom is 0.298 e. The summed E-state index contributed by atoms with van der Waals surface area (Å²) >= 11 is 0. The molecule has 0 saturated heterocycles. The Morgan fingerprint density at radius 1 is 1.35 bits per heavy atom. The summed E-state index contributed by atoms with van der Waals surface area (Å²) in [4.78, 5) is 6.47. The quantitative estimate of drug-likeness (QED) is 0.810. The molecule has 1 aromatic heterocycles. The van der Waals surface area contributed by atoms with Gasteiger partial charge in [-0.1, -0.05) is 20.8 Å². The molecule has 0 aliphatic heterocycles. The van der Waals surface area contributed by atoms with Crippen LogP contribution < -0.4 is 10.6 Å². The van der Waals surface area contributed by atoms with Crippen LogP contribution in [0, 0.1) is 5.41 Å². The summed E-state index contributed by atoms with van der Waals surface area (Å²) in [5, 5.41) is 0. The van der Waals surface area contributed by atoms with Gasteiger partial charge in [-0.15, -0.1) is 0 Å². The number of anilines is 2. The van der Waals surface area contributed by atoms with E-state index in [1.807, 2.05) is 24.1 Å². The van der Waals surface area contributed by atoms with Gasteiger partial charge in [-0.25, -0.2) is 0 Å². The average molecular weight is 233 g/mol. The maximum absolute atomic E-state index is 5.71. The van der Waals surface area contributed by atoms with Gasteiger partial charge in [-0.3, -0.25) is 0 Å². The van der Waals surface area contributed by atoms with Gasteiger partial charge in [0.15, 0.2) is 5.58 Å². The van der Waals surface area contributed by atoms with Crippen LogP contribution in [-0.4, -0.2) is 18.6 Å². The topological polar surface area (TPSA) is 55.3 Å². The molecule has 1 aromatic carbocycles. The first-order valence-electron chi connectivity index (χ1n) is 5.72. The van der Waals surface area contributed by atoms with Crippen LogP contribution in [0.5, 0.6) is 0 Å². The largest absolute Gasteiger partial charge is 0.423 e. The number of hydrogen-bond donors (Lipinski definition) is 1. The van der Waals surface area contributed by atoms with Crippen molar-refractivity contribution < 1.29 is 4.42 Å². The first-order valence-corrected chi connectivity index (χ1v) is 5.72. The van der Waals surface area contributed by atoms with Crippen molar-refractivity contribution in [1.82, 2.24) is 4.98 Å². The molecule has 0 fully saturated rings. The Kier molecular flexibility index (Phi) is 2.73. The molecular formula is C13H19N3O. The molecule has 17 heavy (non-hydrogen) atoms. The smallest absolute Gasteiger partial charge is 0.298 e. The van der Waals surface area contributed by atoms with Crippen molar-refractivity contribution in [3.05, 3.63) is 18.2 Å². The van der Waals surface area contributed by atoms with Gasteiger partial charge in [0.25, 0.3) is 6.01 Å². The normalized spacial score (nSPS) is 12.0. The number of oxazole rings is 1. The molecule has 2 rings (SSSR count). The first kappa shape index (κ1) is 11.8. The van der Waals surface area contributed by atoms with E-state index >= 15 is 0 Å². The molecule has 4 heteroatoms. The average Bonchev–Trinajstić information content (AvgIpc) is 2.57. The van der Waals surface area contributed by atoms with Crippen LogP contribution in [0.25, 0.3) is 11.1 Å². The van der Waals surface area contributed by atoms with E-state index in [2.05, 4.69) is 25.8 Å². The molecular weight excluding hydrogens is 214 g/mol. The third-order valence-electron chi connectivity index (χ3n) is 2.44. The predicted molar refractivity (Wildman–Crippen MR) is 71.1 cm³/mol. The first-order chi connectivity index (χ1) is 7.85. The highest BCUT2D eigenvalue weighted by Gasteiger charge is 2.17. The number of aromatic nitrogens is 1. The SMILES string of the molecule is CN(CC(C)(C)C)c1nc2ccc(N)cc2o1. The number of rotatable bonds is 2. The zero-order valence-electron chi connectivity index (χ0n) is 10.8. The second-order valence-electron chi connectivity index (χ2n) is 5.64. The van der Waals surface area contributed by atoms with E-state index < -0.39 is 0 Å². The van der Waals surface area contributed by atoms with Crippen LogP contribution in [-0.2, 0) is 0 Å². The lowest BCUT2D eigenvalue weighted by molar-refractivity contribution is 0.406. The van der Waals surface area contributed by atoms with E-state index in [0.29, 0.717) is 11.7 Å². The van der Waals surface area contributed by atoms with Gasteiger partial charge in [-0.05, 0) is 17.5 Å². The van der Waals surface area contributed by atoms with Crippen molar-refractivity contribution in [2.75, 3.05) is 24.2 Å². The second-order valence-corrected chi connectivity index (χ2v) is 5.64. The van der Waals surface area contributed by atoms with Crippen molar-refractivity contribution in [2.45, 2.75) is 20.8 Å². The monoisotopic (exact) mass is 233 g/mol. The molecule has 0 amide bonds. The van der Waals surface area contributed by atoms with Crippen LogP contribution in [0.15, 0.2) is 22.6 Å². The Morgan fingerprint density at radius 2 is 2.06 bits per heavy atom. The third-order valence-corrected chi connectivity index (χ3v) is 2.44. The van der Waals surface area contributed by atoms with E-state index in [-0.39, 0.29) is 5.41 Å². The number of hydrogen-bond acceptors (Lipinski definition) is 4. The van der Waals surface area contributed by atoms with Crippen LogP contribution in [0.1, 0.15) is 20.8 Å².